The molecule has 2 aromatic rings. The van der Waals surface area contributed by atoms with Crippen molar-refractivity contribution in [3.05, 3.63) is 16.7 Å². The van der Waals surface area contributed by atoms with Crippen LogP contribution in [0.5, 0.6) is 0 Å². The molecule has 2 heterocycles. The molecule has 0 aliphatic rings. The number of carbonyl (C=O) groups is 2. The molecule has 17 nitrogen and oxygen atoms in total. The van der Waals surface area contributed by atoms with Crippen LogP contribution in [0, 0.1) is 11.8 Å². The highest BCUT2D eigenvalue weighted by molar-refractivity contribution is 7.54. The van der Waals surface area contributed by atoms with E-state index in [1.165, 1.54) is 32.0 Å². The SMILES string of the molecule is COC(=O)C(CC(C)C)NP(=O)(NC(CC(C)C)C(=O)OC)OC[C@@H](OCn1cnc2c(=O)[nH]c(N)nc21)[C@H](O)C(C)O. The number of nitrogens with two attached hydrogens (primary N) is 1. The summed E-state index contributed by atoms with van der Waals surface area (Å²) in [6.07, 6.45) is -2.45. The lowest BCUT2D eigenvalue weighted by Gasteiger charge is -2.31. The van der Waals surface area contributed by atoms with Crippen molar-refractivity contribution >= 4 is 36.7 Å². The monoisotopic (exact) mass is 633 g/mol. The number of aliphatic hydroxyl groups is 2. The van der Waals surface area contributed by atoms with E-state index in [4.69, 9.17) is 24.5 Å². The van der Waals surface area contributed by atoms with Gasteiger partial charge in [0, 0.05) is 0 Å². The van der Waals surface area contributed by atoms with Crippen LogP contribution < -0.4 is 21.5 Å². The standard InChI is InChI=1S/C25H44N7O10P/c1-13(2)8-16(23(36)39-6)30-43(38,31-17(9-14(3)4)24(37)40-7)42-10-18(20(34)15(5)33)41-12-32-11-27-19-21(32)28-25(26)29-22(19)35/h11,13-18,20,33-34H,8-10,12H2,1-7H3,(H2,30,31,38)(H3,26,28,29,35)/t15?,16?,17?,18-,20-,43?/m1/s1. The van der Waals surface area contributed by atoms with Crippen LogP contribution >= 0.6 is 7.67 Å². The number of fused-ring (bicyclic) bond motifs is 1. The summed E-state index contributed by atoms with van der Waals surface area (Å²) in [6.45, 7) is 7.82. The molecule has 0 amide bonds. The first-order valence-corrected chi connectivity index (χ1v) is 15.4. The Morgan fingerprint density at radius 3 is 2.05 bits per heavy atom. The number of methoxy groups -OCH3 is 2. The molecule has 0 aliphatic heterocycles. The second kappa shape index (κ2) is 16.2. The highest BCUT2D eigenvalue weighted by atomic mass is 31.2. The number of H-pyrrole nitrogens is 1. The Balaban J connectivity index is 2.39. The molecule has 0 aliphatic carbocycles. The number of nitrogens with one attached hydrogen (secondary N) is 3. The smallest absolute Gasteiger partial charge is 0.342 e. The number of hydrogen-bond acceptors (Lipinski definition) is 13. The summed E-state index contributed by atoms with van der Waals surface area (Å²) in [5.74, 6) is -1.61. The number of aromatic amines is 1. The average Bonchev–Trinajstić information content (AvgIpc) is 3.33. The van der Waals surface area contributed by atoms with Gasteiger partial charge in [0.2, 0.25) is 5.95 Å². The van der Waals surface area contributed by atoms with E-state index >= 15 is 0 Å². The molecule has 0 spiro atoms. The van der Waals surface area contributed by atoms with Gasteiger partial charge in [-0.3, -0.25) is 28.5 Å². The fraction of sp³-hybridized carbons (Fsp3) is 0.720. The van der Waals surface area contributed by atoms with Crippen molar-refractivity contribution in [3.8, 4) is 0 Å². The molecule has 0 saturated heterocycles. The van der Waals surface area contributed by atoms with Crippen LogP contribution in [0.25, 0.3) is 11.2 Å². The summed E-state index contributed by atoms with van der Waals surface area (Å²) < 4.78 is 37.0. The van der Waals surface area contributed by atoms with Gasteiger partial charge in [0.05, 0.1) is 33.3 Å². The first kappa shape index (κ1) is 36.3. The number of rotatable bonds is 18. The number of anilines is 1. The zero-order valence-electron chi connectivity index (χ0n) is 25.5. The highest BCUT2D eigenvalue weighted by Crippen LogP contribution is 2.41. The van der Waals surface area contributed by atoms with Crippen molar-refractivity contribution in [2.24, 2.45) is 11.8 Å². The molecule has 244 valence electrons. The molecule has 0 fully saturated rings. The van der Waals surface area contributed by atoms with E-state index in [1.54, 1.807) is 0 Å². The van der Waals surface area contributed by atoms with E-state index in [0.717, 1.165) is 0 Å². The summed E-state index contributed by atoms with van der Waals surface area (Å²) >= 11 is 0. The predicted octanol–water partition coefficient (Wildman–Crippen LogP) is 0.266. The average molecular weight is 634 g/mol. The third-order valence-corrected chi connectivity index (χ3v) is 8.07. The largest absolute Gasteiger partial charge is 0.468 e. The van der Waals surface area contributed by atoms with Gasteiger partial charge in [-0.05, 0) is 31.6 Å². The van der Waals surface area contributed by atoms with E-state index < -0.39 is 62.2 Å². The van der Waals surface area contributed by atoms with Crippen LogP contribution in [-0.2, 0) is 39.6 Å². The molecule has 18 heteroatoms. The molecule has 0 bridgehead atoms. The third-order valence-electron chi connectivity index (χ3n) is 6.25. The molecule has 3 unspecified atom stereocenters. The Bertz CT molecular complexity index is 1280. The number of nitrogens with zero attached hydrogens (tertiary/aromatic N) is 3. The number of hydrogen-bond donors (Lipinski definition) is 6. The zero-order valence-corrected chi connectivity index (χ0v) is 26.4. The summed E-state index contributed by atoms with van der Waals surface area (Å²) in [5, 5.41) is 26.2. The topological polar surface area (TPSA) is 242 Å². The van der Waals surface area contributed by atoms with Gasteiger partial charge in [-0.2, -0.15) is 4.98 Å². The maximum atomic E-state index is 14.3. The Kier molecular flexibility index (Phi) is 13.7. The lowest BCUT2D eigenvalue weighted by Crippen LogP contribution is -2.46. The Morgan fingerprint density at radius 2 is 1.58 bits per heavy atom. The van der Waals surface area contributed by atoms with Crippen molar-refractivity contribution in [1.29, 1.82) is 0 Å². The minimum absolute atomic E-state index is 0.00224. The van der Waals surface area contributed by atoms with Gasteiger partial charge in [-0.15, -0.1) is 0 Å². The number of nitrogen functional groups attached to an aromatic ring is 1. The lowest BCUT2D eigenvalue weighted by atomic mass is 10.1. The predicted molar refractivity (Wildman–Crippen MR) is 155 cm³/mol. The Morgan fingerprint density at radius 1 is 1.05 bits per heavy atom. The van der Waals surface area contributed by atoms with Crippen LogP contribution in [0.2, 0.25) is 0 Å². The van der Waals surface area contributed by atoms with Crippen molar-refractivity contribution < 1.29 is 43.1 Å². The minimum atomic E-state index is -4.31. The van der Waals surface area contributed by atoms with Crippen LogP contribution in [-0.4, -0.2) is 92.9 Å². The molecule has 0 aromatic carbocycles. The molecule has 2 rings (SSSR count). The van der Waals surface area contributed by atoms with Gasteiger partial charge in [0.15, 0.2) is 11.2 Å². The van der Waals surface area contributed by atoms with Crippen molar-refractivity contribution in [3.63, 3.8) is 0 Å². The molecule has 7 N–H and O–H groups in total. The summed E-state index contributed by atoms with van der Waals surface area (Å²) in [5.41, 5.74) is 5.18. The highest BCUT2D eigenvalue weighted by Gasteiger charge is 2.38. The molecular weight excluding hydrogens is 589 g/mol. The third kappa shape index (κ3) is 10.6. The number of carbonyl (C=O) groups excluding carboxylic acids is 2. The normalized spacial score (nSPS) is 16.9. The fourth-order valence-corrected chi connectivity index (χ4v) is 5.95. The number of imidazole rings is 1. The minimum Gasteiger partial charge on any atom is -0.468 e. The van der Waals surface area contributed by atoms with Gasteiger partial charge < -0.3 is 34.7 Å². The van der Waals surface area contributed by atoms with E-state index in [0.29, 0.717) is 0 Å². The van der Waals surface area contributed by atoms with Crippen LogP contribution in [0.4, 0.5) is 5.95 Å². The van der Waals surface area contributed by atoms with Crippen molar-refractivity contribution in [1.82, 2.24) is 29.7 Å². The maximum Gasteiger partial charge on any atom is 0.342 e. The zero-order chi connectivity index (χ0) is 32.5. The maximum absolute atomic E-state index is 14.3. The number of aliphatic hydroxyl groups excluding tert-OH is 2. The van der Waals surface area contributed by atoms with Gasteiger partial charge >= 0.3 is 19.6 Å². The van der Waals surface area contributed by atoms with Crippen molar-refractivity contribution in [2.75, 3.05) is 26.6 Å². The van der Waals surface area contributed by atoms with E-state index in [-0.39, 0.29) is 48.5 Å². The Hall–Kier alpha value is -2.92. The van der Waals surface area contributed by atoms with Gasteiger partial charge in [-0.1, -0.05) is 27.7 Å². The summed E-state index contributed by atoms with van der Waals surface area (Å²) in [6, 6.07) is -2.18. The second-order valence-corrected chi connectivity index (χ2v) is 12.8. The van der Waals surface area contributed by atoms with Crippen LogP contribution in [0.1, 0.15) is 47.5 Å². The molecular formula is C25H44N7O10P. The molecule has 5 atom stereocenters. The molecule has 0 saturated carbocycles. The second-order valence-electron chi connectivity index (χ2n) is 10.9. The molecule has 0 radical (unpaired) electrons. The van der Waals surface area contributed by atoms with Gasteiger partial charge in [0.25, 0.3) is 5.56 Å². The van der Waals surface area contributed by atoms with Gasteiger partial charge in [-0.25, -0.2) is 15.2 Å². The van der Waals surface area contributed by atoms with Crippen LogP contribution in [0.15, 0.2) is 11.1 Å². The first-order chi connectivity index (χ1) is 20.1. The number of ether oxygens (including phenoxy) is 3. The quantitative estimate of drug-likeness (QED) is 0.0953. The molecule has 43 heavy (non-hydrogen) atoms. The fourth-order valence-electron chi connectivity index (χ4n) is 4.13. The summed E-state index contributed by atoms with van der Waals surface area (Å²) in [7, 11) is -1.93. The van der Waals surface area contributed by atoms with Gasteiger partial charge in [0.1, 0.15) is 31.0 Å². The van der Waals surface area contributed by atoms with E-state index in [2.05, 4.69) is 25.1 Å². The van der Waals surface area contributed by atoms with Crippen LogP contribution in [0.3, 0.4) is 0 Å². The number of esters is 2. The first-order valence-electron chi connectivity index (χ1n) is 13.7. The Labute approximate surface area is 249 Å². The lowest BCUT2D eigenvalue weighted by molar-refractivity contribution is -0.143. The summed E-state index contributed by atoms with van der Waals surface area (Å²) in [4.78, 5) is 47.6. The van der Waals surface area contributed by atoms with E-state index in [9.17, 15) is 29.2 Å². The van der Waals surface area contributed by atoms with Crippen molar-refractivity contribution in [2.45, 2.75) is 84.6 Å². The van der Waals surface area contributed by atoms with E-state index in [1.807, 2.05) is 27.7 Å². The molecule has 2 aromatic heterocycles. The number of aromatic nitrogens is 4.